The molecule has 1 fully saturated rings. The highest BCUT2D eigenvalue weighted by molar-refractivity contribution is 5.80. The lowest BCUT2D eigenvalue weighted by molar-refractivity contribution is 0.0891. The quantitative estimate of drug-likeness (QED) is 0.461. The molecule has 1 aromatic carbocycles. The molecule has 3 atom stereocenters. The van der Waals surface area contributed by atoms with E-state index in [9.17, 15) is 5.11 Å². The molecule has 0 aliphatic carbocycles. The second-order valence-electron chi connectivity index (χ2n) is 8.97. The van der Waals surface area contributed by atoms with Gasteiger partial charge in [-0.2, -0.15) is 0 Å². The number of piperidine rings is 1. The summed E-state index contributed by atoms with van der Waals surface area (Å²) in [7, 11) is 1.67. The SMILES string of the molecule is CCCCCCN1CC[C@@H](CC[C@@H](O)c2ccc3cc(OC)ccc3n2)[C@@H](CC)C1. The molecule has 0 amide bonds. The van der Waals surface area contributed by atoms with Gasteiger partial charge in [0, 0.05) is 11.9 Å². The molecule has 0 unspecified atom stereocenters. The summed E-state index contributed by atoms with van der Waals surface area (Å²) in [5, 5.41) is 11.8. The van der Waals surface area contributed by atoms with E-state index in [4.69, 9.17) is 9.72 Å². The number of unbranched alkanes of at least 4 members (excludes halogenated alkanes) is 3. The number of fused-ring (bicyclic) bond motifs is 1. The Bertz CT molecular complexity index is 779. The lowest BCUT2D eigenvalue weighted by Gasteiger charge is -2.38. The predicted molar refractivity (Wildman–Crippen MR) is 125 cm³/mol. The number of rotatable bonds is 11. The Balaban J connectivity index is 1.51. The van der Waals surface area contributed by atoms with Gasteiger partial charge in [0.2, 0.25) is 0 Å². The highest BCUT2D eigenvalue weighted by Crippen LogP contribution is 2.33. The van der Waals surface area contributed by atoms with Gasteiger partial charge in [0.1, 0.15) is 5.75 Å². The van der Waals surface area contributed by atoms with Crippen molar-refractivity contribution in [3.05, 3.63) is 36.0 Å². The number of ether oxygens (including phenoxy) is 1. The van der Waals surface area contributed by atoms with Crippen LogP contribution in [-0.2, 0) is 0 Å². The molecule has 1 saturated heterocycles. The van der Waals surface area contributed by atoms with E-state index in [0.717, 1.165) is 47.0 Å². The molecule has 1 N–H and O–H groups in total. The van der Waals surface area contributed by atoms with Crippen LogP contribution in [0.2, 0.25) is 0 Å². The van der Waals surface area contributed by atoms with Crippen molar-refractivity contribution in [1.82, 2.24) is 9.88 Å². The van der Waals surface area contributed by atoms with Gasteiger partial charge in [0.25, 0.3) is 0 Å². The van der Waals surface area contributed by atoms with Crippen LogP contribution in [0.5, 0.6) is 5.75 Å². The summed E-state index contributed by atoms with van der Waals surface area (Å²) in [5.74, 6) is 2.32. The third-order valence-corrected chi connectivity index (χ3v) is 6.90. The number of likely N-dealkylation sites (tertiary alicyclic amines) is 1. The third-order valence-electron chi connectivity index (χ3n) is 6.90. The molecule has 4 nitrogen and oxygen atoms in total. The van der Waals surface area contributed by atoms with Crippen LogP contribution in [0, 0.1) is 11.8 Å². The van der Waals surface area contributed by atoms with Crippen molar-refractivity contribution >= 4 is 10.9 Å². The molecular formula is C26H40N2O2. The van der Waals surface area contributed by atoms with Gasteiger partial charge >= 0.3 is 0 Å². The van der Waals surface area contributed by atoms with Crippen LogP contribution in [0.4, 0.5) is 0 Å². The summed E-state index contributed by atoms with van der Waals surface area (Å²) in [4.78, 5) is 7.38. The first kappa shape index (κ1) is 23.0. The first-order chi connectivity index (χ1) is 14.6. The summed E-state index contributed by atoms with van der Waals surface area (Å²) in [5.41, 5.74) is 1.70. The summed E-state index contributed by atoms with van der Waals surface area (Å²) >= 11 is 0. The van der Waals surface area contributed by atoms with E-state index in [1.807, 2.05) is 30.3 Å². The second kappa shape index (κ2) is 11.7. The van der Waals surface area contributed by atoms with Crippen LogP contribution >= 0.6 is 0 Å². The van der Waals surface area contributed by atoms with Gasteiger partial charge in [-0.25, -0.2) is 0 Å². The summed E-state index contributed by atoms with van der Waals surface area (Å²) in [6.45, 7) is 8.32. The zero-order chi connectivity index (χ0) is 21.3. The second-order valence-corrected chi connectivity index (χ2v) is 8.97. The number of aliphatic hydroxyl groups is 1. The highest BCUT2D eigenvalue weighted by Gasteiger charge is 2.28. The minimum absolute atomic E-state index is 0.485. The number of nitrogens with zero attached hydrogens (tertiary/aromatic N) is 2. The average Bonchev–Trinajstić information content (AvgIpc) is 2.79. The van der Waals surface area contributed by atoms with Crippen LogP contribution in [0.1, 0.15) is 77.0 Å². The van der Waals surface area contributed by atoms with Crippen molar-refractivity contribution in [2.45, 2.75) is 71.3 Å². The Morgan fingerprint density at radius 1 is 1.13 bits per heavy atom. The van der Waals surface area contributed by atoms with E-state index in [1.54, 1.807) is 7.11 Å². The van der Waals surface area contributed by atoms with Crippen LogP contribution in [0.3, 0.4) is 0 Å². The Morgan fingerprint density at radius 2 is 2.00 bits per heavy atom. The Hall–Kier alpha value is -1.65. The molecule has 0 radical (unpaired) electrons. The maximum Gasteiger partial charge on any atom is 0.119 e. The molecule has 2 aromatic rings. The fourth-order valence-corrected chi connectivity index (χ4v) is 4.92. The smallest absolute Gasteiger partial charge is 0.119 e. The third kappa shape index (κ3) is 6.18. The first-order valence-corrected chi connectivity index (χ1v) is 12.0. The topological polar surface area (TPSA) is 45.6 Å². The van der Waals surface area contributed by atoms with E-state index in [-0.39, 0.29) is 0 Å². The number of pyridine rings is 1. The fraction of sp³-hybridized carbons (Fsp3) is 0.654. The van der Waals surface area contributed by atoms with Crippen molar-refractivity contribution in [2.75, 3.05) is 26.7 Å². The van der Waals surface area contributed by atoms with Crippen LogP contribution in [-0.4, -0.2) is 41.7 Å². The molecule has 1 aromatic heterocycles. The number of aliphatic hydroxyl groups excluding tert-OH is 1. The van der Waals surface area contributed by atoms with Gasteiger partial charge in [-0.05, 0) is 74.9 Å². The van der Waals surface area contributed by atoms with Crippen molar-refractivity contribution in [3.8, 4) is 5.75 Å². The van der Waals surface area contributed by atoms with Crippen molar-refractivity contribution < 1.29 is 9.84 Å². The predicted octanol–water partition coefficient (Wildman–Crippen LogP) is 5.99. The normalized spacial score (nSPS) is 21.1. The summed E-state index contributed by atoms with van der Waals surface area (Å²) in [6.07, 6.45) is 9.29. The Labute approximate surface area is 182 Å². The van der Waals surface area contributed by atoms with E-state index in [1.165, 1.54) is 58.2 Å². The fourth-order valence-electron chi connectivity index (χ4n) is 4.92. The van der Waals surface area contributed by atoms with Gasteiger partial charge in [0.05, 0.1) is 24.4 Å². The van der Waals surface area contributed by atoms with Crippen LogP contribution in [0.15, 0.2) is 30.3 Å². The molecule has 0 spiro atoms. The number of hydrogen-bond acceptors (Lipinski definition) is 4. The molecule has 4 heteroatoms. The number of benzene rings is 1. The Kier molecular flexibility index (Phi) is 8.95. The zero-order valence-electron chi connectivity index (χ0n) is 19.1. The van der Waals surface area contributed by atoms with Gasteiger partial charge < -0.3 is 14.7 Å². The van der Waals surface area contributed by atoms with Crippen molar-refractivity contribution in [3.63, 3.8) is 0 Å². The summed E-state index contributed by atoms with van der Waals surface area (Å²) in [6, 6.07) is 9.87. The molecule has 1 aliphatic heterocycles. The molecule has 2 heterocycles. The van der Waals surface area contributed by atoms with Gasteiger partial charge in [-0.15, -0.1) is 0 Å². The summed E-state index contributed by atoms with van der Waals surface area (Å²) < 4.78 is 5.29. The lowest BCUT2D eigenvalue weighted by Crippen LogP contribution is -2.40. The molecule has 0 bridgehead atoms. The first-order valence-electron chi connectivity index (χ1n) is 12.0. The zero-order valence-corrected chi connectivity index (χ0v) is 19.1. The van der Waals surface area contributed by atoms with Crippen molar-refractivity contribution in [2.24, 2.45) is 11.8 Å². The number of aromatic nitrogens is 1. The maximum absolute atomic E-state index is 10.8. The molecule has 30 heavy (non-hydrogen) atoms. The van der Waals surface area contributed by atoms with Gasteiger partial charge in [0.15, 0.2) is 0 Å². The lowest BCUT2D eigenvalue weighted by atomic mass is 9.80. The minimum atomic E-state index is -0.485. The highest BCUT2D eigenvalue weighted by atomic mass is 16.5. The molecule has 3 rings (SSSR count). The van der Waals surface area contributed by atoms with Gasteiger partial charge in [-0.1, -0.05) is 45.6 Å². The molecule has 1 aliphatic rings. The Morgan fingerprint density at radius 3 is 2.77 bits per heavy atom. The van der Waals surface area contributed by atoms with E-state index >= 15 is 0 Å². The molecule has 166 valence electrons. The molecular weight excluding hydrogens is 372 g/mol. The van der Waals surface area contributed by atoms with Crippen LogP contribution < -0.4 is 4.74 Å². The van der Waals surface area contributed by atoms with E-state index in [2.05, 4.69) is 18.7 Å². The monoisotopic (exact) mass is 412 g/mol. The number of methoxy groups -OCH3 is 1. The maximum atomic E-state index is 10.8. The van der Waals surface area contributed by atoms with E-state index in [0.29, 0.717) is 0 Å². The van der Waals surface area contributed by atoms with Crippen molar-refractivity contribution in [1.29, 1.82) is 0 Å². The number of hydrogen-bond donors (Lipinski definition) is 1. The largest absolute Gasteiger partial charge is 0.497 e. The molecule has 0 saturated carbocycles. The van der Waals surface area contributed by atoms with E-state index < -0.39 is 6.10 Å². The average molecular weight is 413 g/mol. The minimum Gasteiger partial charge on any atom is -0.497 e. The van der Waals surface area contributed by atoms with Gasteiger partial charge in [-0.3, -0.25) is 4.98 Å². The standard InChI is InChI=1S/C26H40N2O2/c1-4-6-7-8-16-28-17-15-21(20(5-2)19-28)10-14-26(29)25-12-9-22-18-23(30-3)11-13-24(22)27-25/h9,11-13,18,20-21,26,29H,4-8,10,14-17,19H2,1-3H3/t20-,21+,26+/m0/s1. The van der Waals surface area contributed by atoms with Crippen LogP contribution in [0.25, 0.3) is 10.9 Å².